The van der Waals surface area contributed by atoms with Crippen LogP contribution in [-0.2, 0) is 16.7 Å². The Hall–Kier alpha value is -2.15. The average molecular weight is 349 g/mol. The van der Waals surface area contributed by atoms with Crippen molar-refractivity contribution in [1.29, 1.82) is 0 Å². The minimum Gasteiger partial charge on any atom is -0.489 e. The van der Waals surface area contributed by atoms with Crippen molar-refractivity contribution in [1.82, 2.24) is 10.2 Å². The van der Waals surface area contributed by atoms with Gasteiger partial charge in [-0.05, 0) is 25.0 Å². The first-order chi connectivity index (χ1) is 11.9. The second-order valence-corrected chi connectivity index (χ2v) is 7.19. The maximum Gasteiger partial charge on any atom is 0.235 e. The number of ether oxygens (including phenoxy) is 2. The standard InChI is InChI=1S/C18H24FN3O3/c1-18(2,3)17-22-21-16(25-17)10-20-14-9-12(19)6-7-15(14)24-11-13-5-4-8-23-13/h6-7,9,13,20H,4-5,8,10-11H2,1-3H3/t13-/m0/s1. The van der Waals surface area contributed by atoms with Crippen LogP contribution in [-0.4, -0.2) is 29.5 Å². The molecule has 1 fully saturated rings. The van der Waals surface area contributed by atoms with Crippen molar-refractivity contribution in [2.24, 2.45) is 0 Å². The number of nitrogens with zero attached hydrogens (tertiary/aromatic N) is 2. The molecule has 1 aromatic heterocycles. The SMILES string of the molecule is CC(C)(C)c1nnc(CNc2cc(F)ccc2OC[C@@H]2CCCO2)o1. The summed E-state index contributed by atoms with van der Waals surface area (Å²) < 4.78 is 30.6. The Labute approximate surface area is 146 Å². The van der Waals surface area contributed by atoms with Crippen molar-refractivity contribution in [3.05, 3.63) is 35.8 Å². The van der Waals surface area contributed by atoms with Crippen LogP contribution in [0.5, 0.6) is 5.75 Å². The molecule has 0 aliphatic carbocycles. The van der Waals surface area contributed by atoms with E-state index in [1.165, 1.54) is 12.1 Å². The molecule has 25 heavy (non-hydrogen) atoms. The maximum absolute atomic E-state index is 13.6. The van der Waals surface area contributed by atoms with Gasteiger partial charge in [-0.25, -0.2) is 4.39 Å². The summed E-state index contributed by atoms with van der Waals surface area (Å²) in [7, 11) is 0. The van der Waals surface area contributed by atoms with E-state index in [2.05, 4.69) is 15.5 Å². The van der Waals surface area contributed by atoms with Crippen molar-refractivity contribution in [3.8, 4) is 5.75 Å². The Morgan fingerprint density at radius 3 is 2.84 bits per heavy atom. The van der Waals surface area contributed by atoms with Crippen LogP contribution in [0.15, 0.2) is 22.6 Å². The van der Waals surface area contributed by atoms with Gasteiger partial charge >= 0.3 is 0 Å². The first kappa shape index (κ1) is 17.7. The summed E-state index contributed by atoms with van der Waals surface area (Å²) in [5, 5.41) is 11.2. The summed E-state index contributed by atoms with van der Waals surface area (Å²) in [6, 6.07) is 4.38. The highest BCUT2D eigenvalue weighted by atomic mass is 19.1. The molecule has 2 aromatic rings. The molecule has 136 valence electrons. The van der Waals surface area contributed by atoms with Crippen LogP contribution in [0.25, 0.3) is 0 Å². The van der Waals surface area contributed by atoms with E-state index in [-0.39, 0.29) is 17.3 Å². The second-order valence-electron chi connectivity index (χ2n) is 7.19. The van der Waals surface area contributed by atoms with Gasteiger partial charge in [0.05, 0.1) is 18.3 Å². The van der Waals surface area contributed by atoms with Crippen LogP contribution in [0, 0.1) is 5.82 Å². The summed E-state index contributed by atoms with van der Waals surface area (Å²) in [5.41, 5.74) is 0.341. The fraction of sp³-hybridized carbons (Fsp3) is 0.556. The quantitative estimate of drug-likeness (QED) is 0.858. The highest BCUT2D eigenvalue weighted by Gasteiger charge is 2.21. The van der Waals surface area contributed by atoms with Crippen LogP contribution < -0.4 is 10.1 Å². The number of hydrogen-bond acceptors (Lipinski definition) is 6. The minimum absolute atomic E-state index is 0.100. The minimum atomic E-state index is -0.340. The van der Waals surface area contributed by atoms with Gasteiger partial charge in [0.1, 0.15) is 18.2 Å². The Kier molecular flexibility index (Phi) is 5.22. The van der Waals surface area contributed by atoms with Gasteiger partial charge in [-0.15, -0.1) is 10.2 Å². The van der Waals surface area contributed by atoms with Gasteiger partial charge in [-0.2, -0.15) is 0 Å². The molecule has 0 amide bonds. The molecule has 0 bridgehead atoms. The van der Waals surface area contributed by atoms with E-state index in [4.69, 9.17) is 13.9 Å². The molecule has 2 heterocycles. The monoisotopic (exact) mass is 349 g/mol. The number of nitrogens with one attached hydrogen (secondary N) is 1. The zero-order valence-electron chi connectivity index (χ0n) is 14.8. The van der Waals surface area contributed by atoms with E-state index in [0.29, 0.717) is 36.4 Å². The lowest BCUT2D eigenvalue weighted by molar-refractivity contribution is 0.0681. The van der Waals surface area contributed by atoms with E-state index in [1.54, 1.807) is 6.07 Å². The van der Waals surface area contributed by atoms with Gasteiger partial charge < -0.3 is 19.2 Å². The average Bonchev–Trinajstić information content (AvgIpc) is 3.23. The third kappa shape index (κ3) is 4.69. The molecule has 1 atom stereocenters. The number of hydrogen-bond donors (Lipinski definition) is 1. The summed E-state index contributed by atoms with van der Waals surface area (Å²) in [6.45, 7) is 7.53. The van der Waals surface area contributed by atoms with Crippen molar-refractivity contribution in [3.63, 3.8) is 0 Å². The topological polar surface area (TPSA) is 69.4 Å². The fourth-order valence-electron chi connectivity index (χ4n) is 2.52. The van der Waals surface area contributed by atoms with E-state index in [9.17, 15) is 4.39 Å². The normalized spacial score (nSPS) is 17.7. The lowest BCUT2D eigenvalue weighted by Gasteiger charge is -2.15. The molecule has 1 aliphatic rings. The van der Waals surface area contributed by atoms with Gasteiger partial charge in [0.2, 0.25) is 11.8 Å². The molecular weight excluding hydrogens is 325 g/mol. The predicted molar refractivity (Wildman–Crippen MR) is 91.2 cm³/mol. The molecule has 0 saturated carbocycles. The fourth-order valence-corrected chi connectivity index (χ4v) is 2.52. The smallest absolute Gasteiger partial charge is 0.235 e. The predicted octanol–water partition coefficient (Wildman–Crippen LogP) is 3.68. The molecule has 1 saturated heterocycles. The summed E-state index contributed by atoms with van der Waals surface area (Å²) in [4.78, 5) is 0. The summed E-state index contributed by atoms with van der Waals surface area (Å²) in [6.07, 6.45) is 2.14. The summed E-state index contributed by atoms with van der Waals surface area (Å²) in [5.74, 6) is 1.25. The Morgan fingerprint density at radius 1 is 1.32 bits per heavy atom. The van der Waals surface area contributed by atoms with Gasteiger partial charge in [-0.3, -0.25) is 0 Å². The number of rotatable bonds is 6. The molecule has 1 aliphatic heterocycles. The molecule has 0 unspecified atom stereocenters. The third-order valence-corrected chi connectivity index (χ3v) is 3.93. The first-order valence-corrected chi connectivity index (χ1v) is 8.52. The number of anilines is 1. The lowest BCUT2D eigenvalue weighted by Crippen LogP contribution is -2.17. The third-order valence-electron chi connectivity index (χ3n) is 3.93. The van der Waals surface area contributed by atoms with Gasteiger partial charge in [0.25, 0.3) is 0 Å². The Bertz CT molecular complexity index is 706. The molecule has 0 radical (unpaired) electrons. The van der Waals surface area contributed by atoms with Crippen molar-refractivity contribution in [2.45, 2.75) is 51.7 Å². The molecule has 7 heteroatoms. The highest BCUT2D eigenvalue weighted by molar-refractivity contribution is 5.56. The zero-order chi connectivity index (χ0) is 17.9. The Morgan fingerprint density at radius 2 is 2.16 bits per heavy atom. The van der Waals surface area contributed by atoms with Crippen LogP contribution in [0.4, 0.5) is 10.1 Å². The number of halogens is 1. The molecular formula is C18H24FN3O3. The van der Waals surface area contributed by atoms with E-state index in [0.717, 1.165) is 19.4 Å². The highest BCUT2D eigenvalue weighted by Crippen LogP contribution is 2.27. The summed E-state index contributed by atoms with van der Waals surface area (Å²) >= 11 is 0. The molecule has 1 aromatic carbocycles. The van der Waals surface area contributed by atoms with Crippen LogP contribution >= 0.6 is 0 Å². The van der Waals surface area contributed by atoms with Crippen LogP contribution in [0.3, 0.4) is 0 Å². The van der Waals surface area contributed by atoms with Crippen LogP contribution in [0.2, 0.25) is 0 Å². The van der Waals surface area contributed by atoms with Crippen molar-refractivity contribution < 1.29 is 18.3 Å². The van der Waals surface area contributed by atoms with Crippen LogP contribution in [0.1, 0.15) is 45.4 Å². The van der Waals surface area contributed by atoms with Gasteiger partial charge in [0, 0.05) is 18.1 Å². The van der Waals surface area contributed by atoms with E-state index in [1.807, 2.05) is 20.8 Å². The van der Waals surface area contributed by atoms with Crippen molar-refractivity contribution in [2.75, 3.05) is 18.5 Å². The zero-order valence-corrected chi connectivity index (χ0v) is 14.8. The van der Waals surface area contributed by atoms with Gasteiger partial charge in [-0.1, -0.05) is 20.8 Å². The molecule has 0 spiro atoms. The molecule has 3 rings (SSSR count). The Balaban J connectivity index is 1.64. The number of aromatic nitrogens is 2. The molecule has 6 nitrogen and oxygen atoms in total. The maximum atomic E-state index is 13.6. The molecule has 1 N–H and O–H groups in total. The van der Waals surface area contributed by atoms with E-state index >= 15 is 0 Å². The first-order valence-electron chi connectivity index (χ1n) is 8.52. The largest absolute Gasteiger partial charge is 0.489 e. The van der Waals surface area contributed by atoms with E-state index < -0.39 is 0 Å². The second kappa shape index (κ2) is 7.39. The van der Waals surface area contributed by atoms with Gasteiger partial charge in [0.15, 0.2) is 0 Å². The number of benzene rings is 1. The lowest BCUT2D eigenvalue weighted by atomic mass is 9.97. The van der Waals surface area contributed by atoms with Crippen molar-refractivity contribution >= 4 is 5.69 Å².